The van der Waals surface area contributed by atoms with Gasteiger partial charge >= 0.3 is 0 Å². The van der Waals surface area contributed by atoms with Gasteiger partial charge in [-0.05, 0) is 71.4 Å². The number of halogens is 4. The molecule has 0 heterocycles. The number of para-hydroxylation sites is 1. The Balaban J connectivity index is 2.73. The van der Waals surface area contributed by atoms with Gasteiger partial charge in [0.15, 0.2) is 0 Å². The Hall–Kier alpha value is -0.540. The van der Waals surface area contributed by atoms with E-state index in [-0.39, 0.29) is 14.9 Å². The van der Waals surface area contributed by atoms with Crippen LogP contribution in [0, 0.1) is 3.57 Å². The van der Waals surface area contributed by atoms with Crippen molar-refractivity contribution in [3.05, 3.63) is 56.1 Å². The number of nitrogens with zero attached hydrogens (tertiary/aromatic N) is 1. The van der Waals surface area contributed by atoms with Crippen molar-refractivity contribution in [3.63, 3.8) is 0 Å². The molecule has 1 atom stereocenters. The van der Waals surface area contributed by atoms with Crippen LogP contribution >= 0.6 is 57.4 Å². The lowest BCUT2D eigenvalue weighted by molar-refractivity contribution is -0.112. The molecule has 2 rings (SSSR count). The number of hydrogen-bond donors (Lipinski definition) is 0. The summed E-state index contributed by atoms with van der Waals surface area (Å²) in [7, 11) is -4.17. The highest BCUT2D eigenvalue weighted by atomic mass is 127. The molecule has 0 aliphatic rings. The molecule has 128 valence electrons. The summed E-state index contributed by atoms with van der Waals surface area (Å²) in [6.07, 6.45) is 0. The molecule has 0 fully saturated rings. The number of benzene rings is 2. The van der Waals surface area contributed by atoms with Crippen LogP contribution < -0.4 is 4.31 Å². The molecular formula is C15H11Cl3INO3S. The van der Waals surface area contributed by atoms with Crippen LogP contribution in [-0.4, -0.2) is 19.7 Å². The van der Waals surface area contributed by atoms with E-state index in [0.29, 0.717) is 9.26 Å². The Bertz CT molecular complexity index is 889. The highest BCUT2D eigenvalue weighted by Gasteiger charge is 2.35. The van der Waals surface area contributed by atoms with Gasteiger partial charge in [0, 0.05) is 8.59 Å². The van der Waals surface area contributed by atoms with E-state index in [1.807, 2.05) is 22.6 Å². The van der Waals surface area contributed by atoms with Gasteiger partial charge in [-0.15, -0.1) is 0 Å². The van der Waals surface area contributed by atoms with Gasteiger partial charge in [-0.25, -0.2) is 8.42 Å². The highest BCUT2D eigenvalue weighted by Crippen LogP contribution is 2.34. The molecule has 4 nitrogen and oxygen atoms in total. The molecule has 9 heteroatoms. The second kappa shape index (κ2) is 7.78. The van der Waals surface area contributed by atoms with E-state index in [1.54, 1.807) is 24.3 Å². The first kappa shape index (κ1) is 19.8. The van der Waals surface area contributed by atoms with E-state index in [2.05, 4.69) is 0 Å². The van der Waals surface area contributed by atoms with E-state index >= 15 is 0 Å². The molecule has 1 unspecified atom stereocenters. The fraction of sp³-hybridized carbons (Fsp3) is 0.133. The summed E-state index contributed by atoms with van der Waals surface area (Å²) in [5.41, 5.74) is 0.329. The van der Waals surface area contributed by atoms with E-state index in [1.165, 1.54) is 25.1 Å². The first-order chi connectivity index (χ1) is 11.2. The van der Waals surface area contributed by atoms with Crippen molar-refractivity contribution in [2.24, 2.45) is 0 Å². The zero-order valence-corrected chi connectivity index (χ0v) is 17.5. The van der Waals surface area contributed by atoms with E-state index in [0.717, 1.165) is 4.31 Å². The molecule has 0 radical (unpaired) electrons. The molecule has 0 spiro atoms. The first-order valence-electron chi connectivity index (χ1n) is 6.59. The second-order valence-corrected chi connectivity index (χ2v) is 8.97. The van der Waals surface area contributed by atoms with Crippen LogP contribution in [0.3, 0.4) is 0 Å². The van der Waals surface area contributed by atoms with Crippen LogP contribution in [0.15, 0.2) is 47.4 Å². The summed E-state index contributed by atoms with van der Waals surface area (Å²) in [5.74, 6) is 0. The molecule has 2 aromatic rings. The summed E-state index contributed by atoms with van der Waals surface area (Å²) in [6.45, 7) is 1.41. The maximum Gasteiger partial charge on any atom is 0.266 e. The average Bonchev–Trinajstić information content (AvgIpc) is 2.51. The maximum atomic E-state index is 13.2. The van der Waals surface area contributed by atoms with Crippen molar-refractivity contribution < 1.29 is 13.2 Å². The third-order valence-electron chi connectivity index (χ3n) is 3.20. The van der Waals surface area contributed by atoms with Gasteiger partial charge in [-0.1, -0.05) is 35.3 Å². The van der Waals surface area contributed by atoms with Crippen molar-refractivity contribution in [2.75, 3.05) is 4.31 Å². The van der Waals surface area contributed by atoms with Crippen LogP contribution in [0.25, 0.3) is 0 Å². The van der Waals surface area contributed by atoms with Crippen LogP contribution in [0.1, 0.15) is 6.92 Å². The Kier molecular flexibility index (Phi) is 6.41. The SMILES string of the molecule is CC(C(=O)Cl)N(c1ccccc1I)S(=O)(=O)c1cc(Cl)ccc1Cl. The molecule has 0 N–H and O–H groups in total. The molecule has 0 aliphatic carbocycles. The Labute approximate surface area is 168 Å². The van der Waals surface area contributed by atoms with Gasteiger partial charge in [-0.2, -0.15) is 0 Å². The standard InChI is InChI=1S/C15H11Cl3INO3S/c1-9(15(18)21)20(13-5-3-2-4-12(13)19)24(22,23)14-8-10(16)6-7-11(14)17/h2-9H,1H3. The molecular weight excluding hydrogens is 507 g/mol. The van der Waals surface area contributed by atoms with E-state index in [9.17, 15) is 13.2 Å². The zero-order valence-electron chi connectivity index (χ0n) is 12.2. The average molecular weight is 519 g/mol. The predicted octanol–water partition coefficient (Wildman–Crippen LogP) is 4.95. The second-order valence-electron chi connectivity index (χ2n) is 4.81. The lowest BCUT2D eigenvalue weighted by Crippen LogP contribution is -2.42. The van der Waals surface area contributed by atoms with E-state index < -0.39 is 21.3 Å². The van der Waals surface area contributed by atoms with Gasteiger partial charge in [0.2, 0.25) is 5.24 Å². The van der Waals surface area contributed by atoms with Crippen molar-refractivity contribution in [1.82, 2.24) is 0 Å². The van der Waals surface area contributed by atoms with Crippen LogP contribution in [-0.2, 0) is 14.8 Å². The fourth-order valence-electron chi connectivity index (χ4n) is 2.05. The highest BCUT2D eigenvalue weighted by molar-refractivity contribution is 14.1. The Morgan fingerprint density at radius 3 is 2.38 bits per heavy atom. The minimum absolute atomic E-state index is 0.00422. The molecule has 0 aliphatic heterocycles. The van der Waals surface area contributed by atoms with Crippen molar-refractivity contribution in [2.45, 2.75) is 17.9 Å². The quantitative estimate of drug-likeness (QED) is 0.416. The summed E-state index contributed by atoms with van der Waals surface area (Å²) in [4.78, 5) is 11.5. The lowest BCUT2D eigenvalue weighted by Gasteiger charge is -2.29. The third-order valence-corrected chi connectivity index (χ3v) is 7.03. The van der Waals surface area contributed by atoms with Crippen LogP contribution in [0.4, 0.5) is 5.69 Å². The van der Waals surface area contributed by atoms with Gasteiger partial charge in [0.1, 0.15) is 10.9 Å². The van der Waals surface area contributed by atoms with Gasteiger partial charge in [0.05, 0.1) is 10.7 Å². The largest absolute Gasteiger partial charge is 0.279 e. The zero-order chi connectivity index (χ0) is 18.1. The molecule has 0 saturated carbocycles. The molecule has 0 saturated heterocycles. The van der Waals surface area contributed by atoms with Crippen molar-refractivity contribution in [1.29, 1.82) is 0 Å². The summed E-state index contributed by atoms with van der Waals surface area (Å²) in [5, 5.41) is -0.591. The predicted molar refractivity (Wildman–Crippen MR) is 106 cm³/mol. The number of carbonyl (C=O) groups excluding carboxylic acids is 1. The first-order valence-corrected chi connectivity index (χ1v) is 10.2. The maximum absolute atomic E-state index is 13.2. The minimum atomic E-state index is -4.17. The number of anilines is 1. The normalized spacial score (nSPS) is 12.7. The van der Waals surface area contributed by atoms with Gasteiger partial charge in [-0.3, -0.25) is 9.10 Å². The van der Waals surface area contributed by atoms with Crippen molar-refractivity contribution >= 4 is 78.3 Å². The van der Waals surface area contributed by atoms with Crippen LogP contribution in [0.2, 0.25) is 10.0 Å². The Morgan fingerprint density at radius 1 is 1.17 bits per heavy atom. The Morgan fingerprint density at radius 2 is 1.79 bits per heavy atom. The molecule has 0 bridgehead atoms. The number of hydrogen-bond acceptors (Lipinski definition) is 3. The molecule has 2 aromatic carbocycles. The number of rotatable bonds is 5. The lowest BCUT2D eigenvalue weighted by atomic mass is 10.3. The summed E-state index contributed by atoms with van der Waals surface area (Å²) >= 11 is 19.5. The topological polar surface area (TPSA) is 54.5 Å². The van der Waals surface area contributed by atoms with Gasteiger partial charge < -0.3 is 0 Å². The minimum Gasteiger partial charge on any atom is -0.279 e. The molecule has 24 heavy (non-hydrogen) atoms. The number of sulfonamides is 1. The molecule has 0 amide bonds. The fourth-order valence-corrected chi connectivity index (χ4v) is 5.40. The summed E-state index contributed by atoms with van der Waals surface area (Å²) in [6, 6.07) is 9.74. The van der Waals surface area contributed by atoms with Crippen molar-refractivity contribution in [3.8, 4) is 0 Å². The number of carbonyl (C=O) groups is 1. The monoisotopic (exact) mass is 517 g/mol. The molecule has 0 aromatic heterocycles. The third kappa shape index (κ3) is 3.99. The smallest absolute Gasteiger partial charge is 0.266 e. The van der Waals surface area contributed by atoms with E-state index in [4.69, 9.17) is 34.8 Å². The van der Waals surface area contributed by atoms with Crippen LogP contribution in [0.5, 0.6) is 0 Å². The summed E-state index contributed by atoms with van der Waals surface area (Å²) < 4.78 is 27.9. The van der Waals surface area contributed by atoms with Gasteiger partial charge in [0.25, 0.3) is 10.0 Å².